The Bertz CT molecular complexity index is 496. The summed E-state index contributed by atoms with van der Waals surface area (Å²) in [6, 6.07) is 3.91. The third kappa shape index (κ3) is 2.74. The average molecular weight is 310 g/mol. The Hall–Kier alpha value is -0.0600. The Balaban J connectivity index is 2.47. The first kappa shape index (κ1) is 11.4. The van der Waals surface area contributed by atoms with Gasteiger partial charge >= 0.3 is 0 Å². The highest BCUT2D eigenvalue weighted by Gasteiger charge is 2.18. The van der Waals surface area contributed by atoms with E-state index in [4.69, 9.17) is 10.7 Å². The molecule has 0 N–H and O–H groups in total. The monoisotopic (exact) mass is 308 g/mol. The third-order valence-corrected chi connectivity index (χ3v) is 4.04. The zero-order valence-electron chi connectivity index (χ0n) is 7.96. The van der Waals surface area contributed by atoms with Crippen molar-refractivity contribution in [1.82, 2.24) is 0 Å². The third-order valence-electron chi connectivity index (χ3n) is 2.60. The van der Waals surface area contributed by atoms with Crippen molar-refractivity contribution in [3.63, 3.8) is 0 Å². The molecule has 0 aliphatic heterocycles. The van der Waals surface area contributed by atoms with E-state index in [0.29, 0.717) is 0 Å². The van der Waals surface area contributed by atoms with Crippen LogP contribution in [0, 0.1) is 0 Å². The first-order valence-electron chi connectivity index (χ1n) is 4.68. The fraction of sp³-hybridized carbons (Fsp3) is 0.400. The first-order valence-corrected chi connectivity index (χ1v) is 7.95. The van der Waals surface area contributed by atoms with Gasteiger partial charge in [0.15, 0.2) is 0 Å². The molecule has 1 aromatic carbocycles. The maximum atomic E-state index is 11.1. The van der Waals surface area contributed by atoms with Crippen LogP contribution in [0.25, 0.3) is 0 Å². The van der Waals surface area contributed by atoms with Gasteiger partial charge in [-0.2, -0.15) is 0 Å². The Labute approximate surface area is 102 Å². The van der Waals surface area contributed by atoms with E-state index in [1.807, 2.05) is 6.07 Å². The lowest BCUT2D eigenvalue weighted by Crippen LogP contribution is -2.00. The second-order valence-electron chi connectivity index (χ2n) is 3.74. The number of halogens is 2. The van der Waals surface area contributed by atoms with Crippen molar-refractivity contribution in [3.8, 4) is 0 Å². The second kappa shape index (κ2) is 4.07. The van der Waals surface area contributed by atoms with Crippen LogP contribution in [0.5, 0.6) is 0 Å². The minimum atomic E-state index is -3.46. The van der Waals surface area contributed by atoms with Gasteiger partial charge in [0.05, 0.1) is 5.75 Å². The maximum Gasteiger partial charge on any atom is 0.236 e. The van der Waals surface area contributed by atoms with Crippen LogP contribution in [0.15, 0.2) is 16.6 Å². The van der Waals surface area contributed by atoms with E-state index in [1.165, 1.54) is 11.1 Å². The molecule has 0 atom stereocenters. The molecular formula is C10H10BrClO2S. The number of rotatable bonds is 2. The molecule has 15 heavy (non-hydrogen) atoms. The van der Waals surface area contributed by atoms with Crippen molar-refractivity contribution in [2.75, 3.05) is 0 Å². The van der Waals surface area contributed by atoms with E-state index in [9.17, 15) is 8.42 Å². The van der Waals surface area contributed by atoms with Crippen LogP contribution in [0.1, 0.15) is 23.1 Å². The normalized spacial score (nSPS) is 15.3. The van der Waals surface area contributed by atoms with E-state index < -0.39 is 9.05 Å². The zero-order valence-corrected chi connectivity index (χ0v) is 11.1. The lowest BCUT2D eigenvalue weighted by molar-refractivity contribution is 0.608. The first-order chi connectivity index (χ1) is 6.96. The van der Waals surface area contributed by atoms with Crippen LogP contribution in [-0.2, 0) is 27.6 Å². The van der Waals surface area contributed by atoms with Gasteiger partial charge in [-0.1, -0.05) is 15.9 Å². The minimum Gasteiger partial charge on any atom is -0.212 e. The summed E-state index contributed by atoms with van der Waals surface area (Å²) in [6.45, 7) is 0. The summed E-state index contributed by atoms with van der Waals surface area (Å²) in [5, 5.41) is 0. The van der Waals surface area contributed by atoms with Gasteiger partial charge in [0, 0.05) is 15.2 Å². The van der Waals surface area contributed by atoms with Crippen LogP contribution in [0.4, 0.5) is 0 Å². The minimum absolute atomic E-state index is 0.0731. The molecular weight excluding hydrogens is 300 g/mol. The lowest BCUT2D eigenvalue weighted by Gasteiger charge is -2.07. The zero-order chi connectivity index (χ0) is 11.1. The Morgan fingerprint density at radius 2 is 2.07 bits per heavy atom. The van der Waals surface area contributed by atoms with Gasteiger partial charge in [-0.25, -0.2) is 8.42 Å². The van der Waals surface area contributed by atoms with E-state index in [-0.39, 0.29) is 5.75 Å². The Morgan fingerprint density at radius 1 is 1.33 bits per heavy atom. The van der Waals surface area contributed by atoms with Crippen molar-refractivity contribution < 1.29 is 8.42 Å². The molecule has 0 bridgehead atoms. The molecule has 0 spiro atoms. The van der Waals surface area contributed by atoms with Gasteiger partial charge in [0.2, 0.25) is 9.05 Å². The molecule has 0 radical (unpaired) electrons. The molecule has 2 nitrogen and oxygen atoms in total. The summed E-state index contributed by atoms with van der Waals surface area (Å²) >= 11 is 3.39. The second-order valence-corrected chi connectivity index (χ2v) is 7.43. The largest absolute Gasteiger partial charge is 0.236 e. The smallest absolute Gasteiger partial charge is 0.212 e. The SMILES string of the molecule is O=S(=O)(Cl)Cc1cc(Br)cc2c1CCC2. The molecule has 0 amide bonds. The van der Waals surface area contributed by atoms with Crippen molar-refractivity contribution in [1.29, 1.82) is 0 Å². The van der Waals surface area contributed by atoms with Gasteiger partial charge in [0.1, 0.15) is 0 Å². The van der Waals surface area contributed by atoms with Crippen LogP contribution >= 0.6 is 26.6 Å². The van der Waals surface area contributed by atoms with Crippen LogP contribution < -0.4 is 0 Å². The summed E-state index contributed by atoms with van der Waals surface area (Å²) in [4.78, 5) is 0. The topological polar surface area (TPSA) is 34.1 Å². The molecule has 1 aliphatic carbocycles. The lowest BCUT2D eigenvalue weighted by atomic mass is 10.1. The summed E-state index contributed by atoms with van der Waals surface area (Å²) in [6.07, 6.45) is 3.09. The average Bonchev–Trinajstić information content (AvgIpc) is 2.48. The molecule has 2 rings (SSSR count). The quantitative estimate of drug-likeness (QED) is 0.787. The van der Waals surface area contributed by atoms with E-state index in [1.54, 1.807) is 0 Å². The van der Waals surface area contributed by atoms with Gasteiger partial charge in [-0.3, -0.25) is 0 Å². The Morgan fingerprint density at radius 3 is 2.73 bits per heavy atom. The van der Waals surface area contributed by atoms with Gasteiger partial charge in [0.25, 0.3) is 0 Å². The Kier molecular flexibility index (Phi) is 3.10. The van der Waals surface area contributed by atoms with E-state index >= 15 is 0 Å². The van der Waals surface area contributed by atoms with Crippen molar-refractivity contribution >= 4 is 35.7 Å². The molecule has 0 saturated carbocycles. The molecule has 5 heteroatoms. The van der Waals surface area contributed by atoms with Crippen molar-refractivity contribution in [2.24, 2.45) is 0 Å². The molecule has 0 aromatic heterocycles. The van der Waals surface area contributed by atoms with Gasteiger partial charge in [-0.05, 0) is 48.1 Å². The van der Waals surface area contributed by atoms with Crippen LogP contribution in [-0.4, -0.2) is 8.42 Å². The molecule has 1 aliphatic rings. The standard InChI is InChI=1S/C10H10BrClO2S/c11-9-4-7-2-1-3-10(7)8(5-9)6-15(12,13)14/h4-5H,1-3,6H2. The van der Waals surface area contributed by atoms with Crippen LogP contribution in [0.3, 0.4) is 0 Å². The molecule has 0 unspecified atom stereocenters. The number of hydrogen-bond donors (Lipinski definition) is 0. The predicted molar refractivity (Wildman–Crippen MR) is 64.6 cm³/mol. The van der Waals surface area contributed by atoms with Gasteiger partial charge < -0.3 is 0 Å². The number of benzene rings is 1. The summed E-state index contributed by atoms with van der Waals surface area (Å²) < 4.78 is 23.1. The fourth-order valence-electron chi connectivity index (χ4n) is 2.07. The number of aryl methyl sites for hydroxylation is 1. The highest BCUT2D eigenvalue weighted by atomic mass is 79.9. The van der Waals surface area contributed by atoms with Gasteiger partial charge in [-0.15, -0.1) is 0 Å². The summed E-state index contributed by atoms with van der Waals surface area (Å²) in [7, 11) is 1.81. The molecule has 0 fully saturated rings. The summed E-state index contributed by atoms with van der Waals surface area (Å²) in [5.74, 6) is -0.0731. The number of fused-ring (bicyclic) bond motifs is 1. The van der Waals surface area contributed by atoms with Crippen molar-refractivity contribution in [2.45, 2.75) is 25.0 Å². The highest BCUT2D eigenvalue weighted by molar-refractivity contribution is 9.10. The molecule has 0 saturated heterocycles. The highest BCUT2D eigenvalue weighted by Crippen LogP contribution is 2.30. The summed E-state index contributed by atoms with van der Waals surface area (Å²) in [5.41, 5.74) is 3.26. The fourth-order valence-corrected chi connectivity index (χ4v) is 3.60. The van der Waals surface area contributed by atoms with Crippen molar-refractivity contribution in [3.05, 3.63) is 33.3 Å². The molecule has 82 valence electrons. The predicted octanol–water partition coefficient (Wildman–Crippen LogP) is 3.01. The molecule has 1 aromatic rings. The van der Waals surface area contributed by atoms with Crippen LogP contribution in [0.2, 0.25) is 0 Å². The maximum absolute atomic E-state index is 11.1. The molecule has 0 heterocycles. The number of hydrogen-bond acceptors (Lipinski definition) is 2. The van der Waals surface area contributed by atoms with E-state index in [0.717, 1.165) is 29.3 Å². The van der Waals surface area contributed by atoms with E-state index in [2.05, 4.69) is 22.0 Å².